The molecule has 0 radical (unpaired) electrons. The number of guanidine groups is 2. The Kier molecular flexibility index (Phi) is 3.67. The summed E-state index contributed by atoms with van der Waals surface area (Å²) >= 11 is 0. The van der Waals surface area contributed by atoms with Crippen LogP contribution in [0.3, 0.4) is 0 Å². The fourth-order valence-corrected chi connectivity index (χ4v) is 3.34. The largest absolute Gasteiger partial charge is 0.478 e. The van der Waals surface area contributed by atoms with Gasteiger partial charge in [-0.05, 0) is 43.9 Å². The molecule has 1 fully saturated rings. The molecule has 0 amide bonds. The maximum Gasteiger partial charge on any atom is 0.337 e. The van der Waals surface area contributed by atoms with E-state index in [0.29, 0.717) is 12.8 Å². The average molecular weight is 319 g/mol. The Hall–Kier alpha value is -2.64. The molecule has 3 rings (SSSR count). The Morgan fingerprint density at radius 2 is 1.96 bits per heavy atom. The van der Waals surface area contributed by atoms with Crippen LogP contribution in [-0.2, 0) is 0 Å². The standard InChI is InChI=1S/C15H18FN5O2/c16-9-4-5-10(12(22)23)11(8-9)21-14(18)19-13(17)20-15(21)6-2-1-3-7-15/h4-5,8H,1-3,6-7H2,(H,22,23)(H4,17,18,19,20). The number of benzene rings is 1. The first-order valence-corrected chi connectivity index (χ1v) is 7.45. The van der Waals surface area contributed by atoms with Crippen molar-refractivity contribution in [2.24, 2.45) is 21.5 Å². The van der Waals surface area contributed by atoms with Gasteiger partial charge in [0.05, 0.1) is 11.3 Å². The summed E-state index contributed by atoms with van der Waals surface area (Å²) in [4.78, 5) is 21.5. The summed E-state index contributed by atoms with van der Waals surface area (Å²) in [7, 11) is 0. The van der Waals surface area contributed by atoms with Crippen LogP contribution in [0.5, 0.6) is 0 Å². The first kappa shape index (κ1) is 15.3. The minimum atomic E-state index is -1.17. The molecule has 5 N–H and O–H groups in total. The molecular formula is C15H18FN5O2. The molecule has 2 aliphatic rings. The number of aromatic carboxylic acids is 1. The number of nitrogens with zero attached hydrogens (tertiary/aromatic N) is 3. The molecule has 0 bridgehead atoms. The second-order valence-electron chi connectivity index (χ2n) is 5.79. The lowest BCUT2D eigenvalue weighted by Gasteiger charge is -2.45. The molecule has 1 aliphatic heterocycles. The number of hydrogen-bond donors (Lipinski definition) is 3. The van der Waals surface area contributed by atoms with Crippen LogP contribution in [0.1, 0.15) is 42.5 Å². The summed E-state index contributed by atoms with van der Waals surface area (Å²) in [6.45, 7) is 0. The molecular weight excluding hydrogens is 301 g/mol. The van der Waals surface area contributed by atoms with Crippen molar-refractivity contribution >= 4 is 23.6 Å². The second-order valence-corrected chi connectivity index (χ2v) is 5.79. The average Bonchev–Trinajstić information content (AvgIpc) is 2.46. The Bertz CT molecular complexity index is 710. The lowest BCUT2D eigenvalue weighted by Crippen LogP contribution is -2.58. The first-order valence-electron chi connectivity index (χ1n) is 7.45. The van der Waals surface area contributed by atoms with Crippen LogP contribution in [0.15, 0.2) is 28.2 Å². The predicted molar refractivity (Wildman–Crippen MR) is 84.9 cm³/mol. The molecule has 7 nitrogen and oxygen atoms in total. The predicted octanol–water partition coefficient (Wildman–Crippen LogP) is 1.63. The molecule has 8 heteroatoms. The minimum Gasteiger partial charge on any atom is -0.478 e. The van der Waals surface area contributed by atoms with E-state index in [2.05, 4.69) is 9.98 Å². The molecule has 122 valence electrons. The third kappa shape index (κ3) is 2.60. The lowest BCUT2D eigenvalue weighted by atomic mass is 9.87. The van der Waals surface area contributed by atoms with Gasteiger partial charge in [-0.1, -0.05) is 6.42 Å². The summed E-state index contributed by atoms with van der Waals surface area (Å²) in [6, 6.07) is 3.48. The van der Waals surface area contributed by atoms with Crippen LogP contribution in [0.25, 0.3) is 0 Å². The van der Waals surface area contributed by atoms with Crippen LogP contribution in [0.2, 0.25) is 0 Å². The van der Waals surface area contributed by atoms with Gasteiger partial charge in [0.2, 0.25) is 11.9 Å². The first-order chi connectivity index (χ1) is 10.9. The summed E-state index contributed by atoms with van der Waals surface area (Å²) < 4.78 is 13.8. The van der Waals surface area contributed by atoms with Crippen molar-refractivity contribution in [1.82, 2.24) is 0 Å². The third-order valence-corrected chi connectivity index (χ3v) is 4.28. The van der Waals surface area contributed by atoms with Gasteiger partial charge >= 0.3 is 5.97 Å². The summed E-state index contributed by atoms with van der Waals surface area (Å²) in [5.74, 6) is -1.62. The SMILES string of the molecule is NC1=NC2(CCCCC2)N(c2cc(F)ccc2C(=O)O)C(N)=N1. The number of aliphatic imine (C=N–C) groups is 2. The number of nitrogens with two attached hydrogens (primary N) is 2. The number of carboxylic acids is 1. The zero-order valence-corrected chi connectivity index (χ0v) is 12.5. The normalized spacial score (nSPS) is 20.1. The molecule has 1 heterocycles. The number of rotatable bonds is 2. The van der Waals surface area contributed by atoms with Crippen molar-refractivity contribution in [3.63, 3.8) is 0 Å². The van der Waals surface area contributed by atoms with E-state index in [-0.39, 0.29) is 23.2 Å². The molecule has 1 spiro atoms. The number of halogens is 1. The summed E-state index contributed by atoms with van der Waals surface area (Å²) in [5.41, 5.74) is 11.1. The molecule has 23 heavy (non-hydrogen) atoms. The van der Waals surface area contributed by atoms with Gasteiger partial charge in [0, 0.05) is 0 Å². The number of carboxylic acid groups (broad SMARTS) is 1. The van der Waals surface area contributed by atoms with Crippen molar-refractivity contribution in [2.45, 2.75) is 37.8 Å². The molecule has 0 atom stereocenters. The molecule has 0 unspecified atom stereocenters. The summed E-state index contributed by atoms with van der Waals surface area (Å²) in [6.07, 6.45) is 4.16. The van der Waals surface area contributed by atoms with E-state index < -0.39 is 17.4 Å². The highest BCUT2D eigenvalue weighted by molar-refractivity contribution is 6.08. The Labute approximate surface area is 132 Å². The van der Waals surface area contributed by atoms with Crippen molar-refractivity contribution < 1.29 is 14.3 Å². The molecule has 1 saturated carbocycles. The second kappa shape index (κ2) is 5.53. The maximum atomic E-state index is 13.8. The maximum absolute atomic E-state index is 13.8. The van der Waals surface area contributed by atoms with Gasteiger partial charge in [-0.3, -0.25) is 4.90 Å². The van der Waals surface area contributed by atoms with Crippen LogP contribution in [-0.4, -0.2) is 28.7 Å². The van der Waals surface area contributed by atoms with Gasteiger partial charge in [0.1, 0.15) is 11.5 Å². The minimum absolute atomic E-state index is 0.0347. The van der Waals surface area contributed by atoms with Gasteiger partial charge in [-0.25, -0.2) is 14.2 Å². The number of hydrogen-bond acceptors (Lipinski definition) is 6. The Balaban J connectivity index is 2.18. The molecule has 1 aliphatic carbocycles. The fraction of sp³-hybridized carbons (Fsp3) is 0.400. The molecule has 0 aromatic heterocycles. The van der Waals surface area contributed by atoms with Gasteiger partial charge in [-0.15, -0.1) is 0 Å². The van der Waals surface area contributed by atoms with Crippen LogP contribution in [0, 0.1) is 5.82 Å². The topological polar surface area (TPSA) is 117 Å². The Morgan fingerprint density at radius 3 is 2.61 bits per heavy atom. The van der Waals surface area contributed by atoms with Gasteiger partial charge in [-0.2, -0.15) is 4.99 Å². The van der Waals surface area contributed by atoms with Crippen molar-refractivity contribution in [1.29, 1.82) is 0 Å². The zero-order chi connectivity index (χ0) is 16.6. The highest BCUT2D eigenvalue weighted by atomic mass is 19.1. The Morgan fingerprint density at radius 1 is 1.26 bits per heavy atom. The molecule has 1 aromatic rings. The van der Waals surface area contributed by atoms with Crippen molar-refractivity contribution in [3.05, 3.63) is 29.6 Å². The number of anilines is 1. The van der Waals surface area contributed by atoms with Crippen LogP contribution in [0.4, 0.5) is 10.1 Å². The van der Waals surface area contributed by atoms with E-state index in [1.54, 1.807) is 0 Å². The van der Waals surface area contributed by atoms with E-state index >= 15 is 0 Å². The summed E-state index contributed by atoms with van der Waals surface area (Å²) in [5, 5.41) is 9.42. The quantitative estimate of drug-likeness (QED) is 0.766. The van der Waals surface area contributed by atoms with Gasteiger partial charge in [0.15, 0.2) is 0 Å². The van der Waals surface area contributed by atoms with Crippen molar-refractivity contribution in [2.75, 3.05) is 4.90 Å². The molecule has 0 saturated heterocycles. The van der Waals surface area contributed by atoms with E-state index in [4.69, 9.17) is 11.5 Å². The van der Waals surface area contributed by atoms with Crippen LogP contribution < -0.4 is 16.4 Å². The monoisotopic (exact) mass is 319 g/mol. The molecule has 1 aromatic carbocycles. The smallest absolute Gasteiger partial charge is 0.337 e. The third-order valence-electron chi connectivity index (χ3n) is 4.28. The highest BCUT2D eigenvalue weighted by Gasteiger charge is 2.43. The van der Waals surface area contributed by atoms with Crippen molar-refractivity contribution in [3.8, 4) is 0 Å². The number of carbonyl (C=O) groups is 1. The van der Waals surface area contributed by atoms with Gasteiger partial charge < -0.3 is 16.6 Å². The van der Waals surface area contributed by atoms with Gasteiger partial charge in [0.25, 0.3) is 0 Å². The zero-order valence-electron chi connectivity index (χ0n) is 12.5. The highest BCUT2D eigenvalue weighted by Crippen LogP contribution is 2.40. The van der Waals surface area contributed by atoms with E-state index in [1.165, 1.54) is 11.0 Å². The van der Waals surface area contributed by atoms with E-state index in [1.807, 2.05) is 0 Å². The van der Waals surface area contributed by atoms with E-state index in [0.717, 1.165) is 31.4 Å². The lowest BCUT2D eigenvalue weighted by molar-refractivity contribution is 0.0697. The van der Waals surface area contributed by atoms with E-state index in [9.17, 15) is 14.3 Å². The fourth-order valence-electron chi connectivity index (χ4n) is 3.34. The van der Waals surface area contributed by atoms with Crippen LogP contribution >= 0.6 is 0 Å².